The summed E-state index contributed by atoms with van der Waals surface area (Å²) in [6.45, 7) is 0.415. The maximum Gasteiger partial charge on any atom is 0.163 e. The van der Waals surface area contributed by atoms with E-state index >= 15 is 0 Å². The highest BCUT2D eigenvalue weighted by atomic mass is 16.5. The first-order valence-corrected chi connectivity index (χ1v) is 5.01. The van der Waals surface area contributed by atoms with Crippen LogP contribution in [0.4, 0.5) is 5.69 Å². The van der Waals surface area contributed by atoms with Gasteiger partial charge in [0, 0.05) is 11.8 Å². The lowest BCUT2D eigenvalue weighted by molar-refractivity contribution is 0.289. The maximum atomic E-state index is 9.53. The van der Waals surface area contributed by atoms with Crippen LogP contribution in [0.3, 0.4) is 0 Å². The van der Waals surface area contributed by atoms with Crippen LogP contribution in [0.5, 0.6) is 11.5 Å². The van der Waals surface area contributed by atoms with Gasteiger partial charge in [-0.2, -0.15) is 0 Å². The molecule has 0 saturated carbocycles. The van der Waals surface area contributed by atoms with Gasteiger partial charge >= 0.3 is 0 Å². The number of phenolic OH excluding ortho intramolecular Hbond substituents is 1. The van der Waals surface area contributed by atoms with Crippen molar-refractivity contribution in [2.75, 3.05) is 5.73 Å². The number of rotatable bonds is 3. The van der Waals surface area contributed by atoms with E-state index in [1.807, 2.05) is 30.3 Å². The zero-order valence-electron chi connectivity index (χ0n) is 8.76. The van der Waals surface area contributed by atoms with Crippen LogP contribution in [0.1, 0.15) is 5.56 Å². The van der Waals surface area contributed by atoms with E-state index in [0.29, 0.717) is 18.0 Å². The SMILES string of the molecule is Nc1ccc(O)c(OCc2ccccc2)c1. The van der Waals surface area contributed by atoms with E-state index in [1.54, 1.807) is 12.1 Å². The van der Waals surface area contributed by atoms with Crippen LogP contribution in [-0.2, 0) is 6.61 Å². The van der Waals surface area contributed by atoms with Gasteiger partial charge < -0.3 is 15.6 Å². The lowest BCUT2D eigenvalue weighted by Gasteiger charge is -2.08. The van der Waals surface area contributed by atoms with Crippen LogP contribution in [0.25, 0.3) is 0 Å². The number of aromatic hydroxyl groups is 1. The van der Waals surface area contributed by atoms with Crippen molar-refractivity contribution in [3.63, 3.8) is 0 Å². The molecule has 0 atom stereocenters. The van der Waals surface area contributed by atoms with Crippen molar-refractivity contribution in [1.82, 2.24) is 0 Å². The van der Waals surface area contributed by atoms with Crippen molar-refractivity contribution in [3.05, 3.63) is 54.1 Å². The van der Waals surface area contributed by atoms with Crippen LogP contribution in [0.2, 0.25) is 0 Å². The molecule has 0 heterocycles. The summed E-state index contributed by atoms with van der Waals surface area (Å²) in [7, 11) is 0. The van der Waals surface area contributed by atoms with E-state index in [0.717, 1.165) is 5.56 Å². The number of benzene rings is 2. The van der Waals surface area contributed by atoms with Gasteiger partial charge in [-0.3, -0.25) is 0 Å². The van der Waals surface area contributed by atoms with Gasteiger partial charge in [-0.05, 0) is 17.7 Å². The predicted molar refractivity (Wildman–Crippen MR) is 63.3 cm³/mol. The molecule has 82 valence electrons. The Labute approximate surface area is 94.1 Å². The van der Waals surface area contributed by atoms with E-state index in [-0.39, 0.29) is 5.75 Å². The van der Waals surface area contributed by atoms with Crippen molar-refractivity contribution in [2.24, 2.45) is 0 Å². The summed E-state index contributed by atoms with van der Waals surface area (Å²) in [5, 5.41) is 9.53. The van der Waals surface area contributed by atoms with E-state index < -0.39 is 0 Å². The second-order valence-electron chi connectivity index (χ2n) is 3.50. The molecule has 0 spiro atoms. The third kappa shape index (κ3) is 2.45. The summed E-state index contributed by atoms with van der Waals surface area (Å²) in [6.07, 6.45) is 0. The number of nitrogen functional groups attached to an aromatic ring is 1. The summed E-state index contributed by atoms with van der Waals surface area (Å²) in [4.78, 5) is 0. The molecule has 0 saturated heterocycles. The van der Waals surface area contributed by atoms with E-state index in [9.17, 15) is 5.11 Å². The molecule has 0 unspecified atom stereocenters. The molecule has 0 radical (unpaired) electrons. The van der Waals surface area contributed by atoms with Crippen molar-refractivity contribution in [2.45, 2.75) is 6.61 Å². The first-order valence-electron chi connectivity index (χ1n) is 5.01. The molecule has 3 nitrogen and oxygen atoms in total. The van der Waals surface area contributed by atoms with Gasteiger partial charge in [0.25, 0.3) is 0 Å². The summed E-state index contributed by atoms with van der Waals surface area (Å²) < 4.78 is 5.47. The van der Waals surface area contributed by atoms with Crippen LogP contribution in [0, 0.1) is 0 Å². The number of nitrogens with two attached hydrogens (primary N) is 1. The molecular formula is C13H13NO2. The Morgan fingerprint density at radius 3 is 2.56 bits per heavy atom. The summed E-state index contributed by atoms with van der Waals surface area (Å²) >= 11 is 0. The molecule has 2 aromatic carbocycles. The van der Waals surface area contributed by atoms with Crippen LogP contribution in [-0.4, -0.2) is 5.11 Å². The number of hydrogen-bond acceptors (Lipinski definition) is 3. The topological polar surface area (TPSA) is 55.5 Å². The minimum Gasteiger partial charge on any atom is -0.504 e. The van der Waals surface area contributed by atoms with Crippen molar-refractivity contribution in [1.29, 1.82) is 0 Å². The zero-order chi connectivity index (χ0) is 11.4. The Bertz CT molecular complexity index is 469. The van der Waals surface area contributed by atoms with Gasteiger partial charge in [-0.1, -0.05) is 30.3 Å². The van der Waals surface area contributed by atoms with Crippen molar-refractivity contribution < 1.29 is 9.84 Å². The average molecular weight is 215 g/mol. The van der Waals surface area contributed by atoms with Gasteiger partial charge in [-0.25, -0.2) is 0 Å². The molecule has 0 fully saturated rings. The quantitative estimate of drug-likeness (QED) is 0.611. The van der Waals surface area contributed by atoms with E-state index in [4.69, 9.17) is 10.5 Å². The molecular weight excluding hydrogens is 202 g/mol. The minimum absolute atomic E-state index is 0.102. The average Bonchev–Trinajstić information content (AvgIpc) is 2.32. The van der Waals surface area contributed by atoms with Gasteiger partial charge in [0.15, 0.2) is 11.5 Å². The maximum absolute atomic E-state index is 9.53. The first kappa shape index (κ1) is 10.4. The fraction of sp³-hybridized carbons (Fsp3) is 0.0769. The monoisotopic (exact) mass is 215 g/mol. The summed E-state index contributed by atoms with van der Waals surface area (Å²) in [5.41, 5.74) is 7.22. The highest BCUT2D eigenvalue weighted by molar-refractivity contribution is 5.51. The molecule has 3 heteroatoms. The lowest BCUT2D eigenvalue weighted by atomic mass is 10.2. The highest BCUT2D eigenvalue weighted by Crippen LogP contribution is 2.28. The Hall–Kier alpha value is -2.16. The van der Waals surface area contributed by atoms with Crippen LogP contribution >= 0.6 is 0 Å². The van der Waals surface area contributed by atoms with Crippen LogP contribution in [0.15, 0.2) is 48.5 Å². The second-order valence-corrected chi connectivity index (χ2v) is 3.50. The predicted octanol–water partition coefficient (Wildman–Crippen LogP) is 2.55. The smallest absolute Gasteiger partial charge is 0.163 e. The normalized spacial score (nSPS) is 10.0. The Balaban J connectivity index is 2.08. The van der Waals surface area contributed by atoms with Gasteiger partial charge in [0.2, 0.25) is 0 Å². The number of ether oxygens (including phenoxy) is 1. The molecule has 16 heavy (non-hydrogen) atoms. The molecule has 0 amide bonds. The zero-order valence-corrected chi connectivity index (χ0v) is 8.76. The Morgan fingerprint density at radius 1 is 1.06 bits per heavy atom. The first-order chi connectivity index (χ1) is 7.75. The molecule has 0 aromatic heterocycles. The molecule has 0 aliphatic heterocycles. The Morgan fingerprint density at radius 2 is 1.81 bits per heavy atom. The molecule has 2 aromatic rings. The fourth-order valence-corrected chi connectivity index (χ4v) is 1.38. The second kappa shape index (κ2) is 4.57. The van der Waals surface area contributed by atoms with Crippen LogP contribution < -0.4 is 10.5 Å². The lowest BCUT2D eigenvalue weighted by Crippen LogP contribution is -1.96. The number of phenols is 1. The third-order valence-electron chi connectivity index (χ3n) is 2.22. The Kier molecular flexibility index (Phi) is 2.96. The highest BCUT2D eigenvalue weighted by Gasteiger charge is 2.02. The summed E-state index contributed by atoms with van der Waals surface area (Å²) in [6, 6.07) is 14.5. The van der Waals surface area contributed by atoms with Gasteiger partial charge in [0.1, 0.15) is 6.61 Å². The van der Waals surface area contributed by atoms with E-state index in [2.05, 4.69) is 0 Å². The fourth-order valence-electron chi connectivity index (χ4n) is 1.38. The van der Waals surface area contributed by atoms with Crippen molar-refractivity contribution >= 4 is 5.69 Å². The molecule has 0 aliphatic rings. The molecule has 0 aliphatic carbocycles. The molecule has 3 N–H and O–H groups in total. The van der Waals surface area contributed by atoms with Gasteiger partial charge in [0.05, 0.1) is 0 Å². The number of anilines is 1. The largest absolute Gasteiger partial charge is 0.504 e. The third-order valence-corrected chi connectivity index (χ3v) is 2.22. The standard InChI is InChI=1S/C13H13NO2/c14-11-6-7-12(15)13(8-11)16-9-10-4-2-1-3-5-10/h1-8,15H,9,14H2. The van der Waals surface area contributed by atoms with Crippen molar-refractivity contribution in [3.8, 4) is 11.5 Å². The minimum atomic E-state index is 0.102. The molecule has 2 rings (SSSR count). The van der Waals surface area contributed by atoms with Gasteiger partial charge in [-0.15, -0.1) is 0 Å². The molecule has 0 bridgehead atoms. The number of hydrogen-bond donors (Lipinski definition) is 2. The van der Waals surface area contributed by atoms with E-state index in [1.165, 1.54) is 6.07 Å². The summed E-state index contributed by atoms with van der Waals surface area (Å²) in [5.74, 6) is 0.508.